The Bertz CT molecular complexity index is 400. The van der Waals surface area contributed by atoms with Gasteiger partial charge in [0.2, 0.25) is 5.91 Å². The summed E-state index contributed by atoms with van der Waals surface area (Å²) >= 11 is 0. The second kappa shape index (κ2) is 5.52. The van der Waals surface area contributed by atoms with Crippen molar-refractivity contribution in [2.75, 3.05) is 18.4 Å². The molecule has 1 atom stereocenters. The van der Waals surface area contributed by atoms with E-state index in [0.29, 0.717) is 0 Å². The quantitative estimate of drug-likeness (QED) is 0.851. The maximum absolute atomic E-state index is 12.1. The molecule has 1 aromatic rings. The average molecular weight is 255 g/mol. The lowest BCUT2D eigenvalue weighted by Gasteiger charge is -2.21. The Kier molecular flexibility index (Phi) is 4.54. The predicted molar refractivity (Wildman–Crippen MR) is 72.7 cm³/mol. The molecule has 94 valence electrons. The normalized spacial score (nSPS) is 22.9. The number of hydrogen-bond acceptors (Lipinski definition) is 2. The van der Waals surface area contributed by atoms with E-state index in [9.17, 15) is 4.79 Å². The van der Waals surface area contributed by atoms with Gasteiger partial charge in [-0.3, -0.25) is 4.79 Å². The van der Waals surface area contributed by atoms with Crippen LogP contribution in [0.25, 0.3) is 0 Å². The molecular weight excluding hydrogens is 236 g/mol. The first-order chi connectivity index (χ1) is 7.60. The Morgan fingerprint density at radius 2 is 2.24 bits per heavy atom. The molecule has 1 saturated heterocycles. The monoisotopic (exact) mass is 254 g/mol. The maximum Gasteiger partial charge on any atom is 0.231 e. The molecule has 2 N–H and O–H groups in total. The lowest BCUT2D eigenvalue weighted by Crippen LogP contribution is -2.35. The molecule has 4 heteroatoms. The van der Waals surface area contributed by atoms with E-state index in [-0.39, 0.29) is 23.7 Å². The van der Waals surface area contributed by atoms with Crippen molar-refractivity contribution in [3.8, 4) is 0 Å². The van der Waals surface area contributed by atoms with Crippen LogP contribution in [0, 0.1) is 12.3 Å². The zero-order valence-electron chi connectivity index (χ0n) is 10.2. The second-order valence-corrected chi connectivity index (χ2v) is 4.81. The van der Waals surface area contributed by atoms with Crippen LogP contribution in [0.15, 0.2) is 24.3 Å². The minimum Gasteiger partial charge on any atom is -0.326 e. The summed E-state index contributed by atoms with van der Waals surface area (Å²) in [5, 5.41) is 6.22. The van der Waals surface area contributed by atoms with Gasteiger partial charge >= 0.3 is 0 Å². The van der Waals surface area contributed by atoms with Gasteiger partial charge < -0.3 is 10.6 Å². The summed E-state index contributed by atoms with van der Waals surface area (Å²) < 4.78 is 0. The summed E-state index contributed by atoms with van der Waals surface area (Å²) in [7, 11) is 0. The van der Waals surface area contributed by atoms with E-state index < -0.39 is 0 Å². The lowest BCUT2D eigenvalue weighted by molar-refractivity contribution is -0.123. The number of carbonyl (C=O) groups excluding carboxylic acids is 1. The summed E-state index contributed by atoms with van der Waals surface area (Å²) in [5.74, 6) is 0.114. The van der Waals surface area contributed by atoms with E-state index in [4.69, 9.17) is 0 Å². The molecule has 0 radical (unpaired) electrons. The molecule has 1 amide bonds. The van der Waals surface area contributed by atoms with Gasteiger partial charge in [-0.1, -0.05) is 12.1 Å². The van der Waals surface area contributed by atoms with Crippen molar-refractivity contribution < 1.29 is 4.79 Å². The van der Waals surface area contributed by atoms with Gasteiger partial charge in [0.05, 0.1) is 5.41 Å². The Morgan fingerprint density at radius 1 is 1.47 bits per heavy atom. The van der Waals surface area contributed by atoms with Crippen LogP contribution >= 0.6 is 12.4 Å². The van der Waals surface area contributed by atoms with Gasteiger partial charge in [-0.25, -0.2) is 0 Å². The summed E-state index contributed by atoms with van der Waals surface area (Å²) in [6.07, 6.45) is 0.907. The van der Waals surface area contributed by atoms with Crippen molar-refractivity contribution in [2.45, 2.75) is 20.3 Å². The predicted octanol–water partition coefficient (Wildman–Crippen LogP) is 2.35. The summed E-state index contributed by atoms with van der Waals surface area (Å²) in [5.41, 5.74) is 1.79. The van der Waals surface area contributed by atoms with E-state index in [1.807, 2.05) is 38.1 Å². The highest BCUT2D eigenvalue weighted by Crippen LogP contribution is 2.26. The zero-order valence-corrected chi connectivity index (χ0v) is 11.1. The molecule has 2 rings (SSSR count). The zero-order chi connectivity index (χ0) is 11.6. The number of nitrogens with one attached hydrogen (secondary N) is 2. The van der Waals surface area contributed by atoms with Crippen LogP contribution in [0.4, 0.5) is 5.69 Å². The first-order valence-corrected chi connectivity index (χ1v) is 5.69. The number of amides is 1. The molecule has 0 saturated carbocycles. The van der Waals surface area contributed by atoms with Gasteiger partial charge in [0.25, 0.3) is 0 Å². The Labute approximate surface area is 108 Å². The highest BCUT2D eigenvalue weighted by atomic mass is 35.5. The highest BCUT2D eigenvalue weighted by Gasteiger charge is 2.36. The standard InChI is InChI=1S/C13H18N2O.ClH/c1-10-4-3-5-11(8-10)15-12(16)13(2)6-7-14-9-13;/h3-5,8,14H,6-7,9H2,1-2H3,(H,15,16);1H. The molecule has 1 heterocycles. The Balaban J connectivity index is 0.00000144. The molecule has 1 fully saturated rings. The molecule has 0 spiro atoms. The van der Waals surface area contributed by atoms with Crippen molar-refractivity contribution >= 4 is 24.0 Å². The molecule has 17 heavy (non-hydrogen) atoms. The fourth-order valence-electron chi connectivity index (χ4n) is 2.02. The number of anilines is 1. The minimum absolute atomic E-state index is 0. The third-order valence-electron chi connectivity index (χ3n) is 3.19. The van der Waals surface area contributed by atoms with Crippen LogP contribution in [-0.4, -0.2) is 19.0 Å². The maximum atomic E-state index is 12.1. The molecule has 1 aliphatic rings. The van der Waals surface area contributed by atoms with Crippen LogP contribution in [0.1, 0.15) is 18.9 Å². The molecule has 0 bridgehead atoms. The minimum atomic E-state index is -0.260. The molecule has 0 aromatic heterocycles. The third-order valence-corrected chi connectivity index (χ3v) is 3.19. The van der Waals surface area contributed by atoms with Crippen LogP contribution in [0.3, 0.4) is 0 Å². The molecule has 3 nitrogen and oxygen atoms in total. The number of rotatable bonds is 2. The number of halogens is 1. The SMILES string of the molecule is Cc1cccc(NC(=O)C2(C)CCNC2)c1.Cl. The van der Waals surface area contributed by atoms with Crippen LogP contribution < -0.4 is 10.6 Å². The van der Waals surface area contributed by atoms with Crippen molar-refractivity contribution in [3.63, 3.8) is 0 Å². The number of carbonyl (C=O) groups is 1. The van der Waals surface area contributed by atoms with E-state index >= 15 is 0 Å². The second-order valence-electron chi connectivity index (χ2n) is 4.81. The van der Waals surface area contributed by atoms with Gasteiger partial charge in [0.15, 0.2) is 0 Å². The Morgan fingerprint density at radius 3 is 2.82 bits per heavy atom. The smallest absolute Gasteiger partial charge is 0.231 e. The van der Waals surface area contributed by atoms with Crippen LogP contribution in [0.5, 0.6) is 0 Å². The number of benzene rings is 1. The van der Waals surface area contributed by atoms with Gasteiger partial charge in [0.1, 0.15) is 0 Å². The van der Waals surface area contributed by atoms with Crippen molar-refractivity contribution in [1.82, 2.24) is 5.32 Å². The van der Waals surface area contributed by atoms with E-state index in [1.165, 1.54) is 0 Å². The van der Waals surface area contributed by atoms with Crippen molar-refractivity contribution in [3.05, 3.63) is 29.8 Å². The first-order valence-electron chi connectivity index (χ1n) is 5.69. The largest absolute Gasteiger partial charge is 0.326 e. The summed E-state index contributed by atoms with van der Waals surface area (Å²) in [6.45, 7) is 5.73. The lowest BCUT2D eigenvalue weighted by atomic mass is 9.88. The van der Waals surface area contributed by atoms with Crippen LogP contribution in [0.2, 0.25) is 0 Å². The van der Waals surface area contributed by atoms with E-state index in [2.05, 4.69) is 10.6 Å². The first kappa shape index (κ1) is 14.0. The summed E-state index contributed by atoms with van der Waals surface area (Å²) in [4.78, 5) is 12.1. The fraction of sp³-hybridized carbons (Fsp3) is 0.462. The van der Waals surface area contributed by atoms with Gasteiger partial charge in [0, 0.05) is 12.2 Å². The summed E-state index contributed by atoms with van der Waals surface area (Å²) in [6, 6.07) is 7.90. The fourth-order valence-corrected chi connectivity index (χ4v) is 2.02. The van der Waals surface area contributed by atoms with Gasteiger partial charge in [-0.05, 0) is 44.5 Å². The van der Waals surface area contributed by atoms with E-state index in [1.54, 1.807) is 0 Å². The average Bonchev–Trinajstić information content (AvgIpc) is 2.66. The highest BCUT2D eigenvalue weighted by molar-refractivity contribution is 5.95. The van der Waals surface area contributed by atoms with Gasteiger partial charge in [-0.2, -0.15) is 0 Å². The number of aryl methyl sites for hydroxylation is 1. The van der Waals surface area contributed by atoms with E-state index in [0.717, 1.165) is 30.8 Å². The molecular formula is C13H19ClN2O. The third kappa shape index (κ3) is 3.20. The van der Waals surface area contributed by atoms with Crippen LogP contribution in [-0.2, 0) is 4.79 Å². The molecule has 1 unspecified atom stereocenters. The van der Waals surface area contributed by atoms with Crippen molar-refractivity contribution in [2.24, 2.45) is 5.41 Å². The van der Waals surface area contributed by atoms with Gasteiger partial charge in [-0.15, -0.1) is 12.4 Å². The molecule has 0 aliphatic carbocycles. The topological polar surface area (TPSA) is 41.1 Å². The molecule has 1 aromatic carbocycles. The Hall–Kier alpha value is -1.06. The number of hydrogen-bond donors (Lipinski definition) is 2. The van der Waals surface area contributed by atoms with Crippen molar-refractivity contribution in [1.29, 1.82) is 0 Å². The molecule has 1 aliphatic heterocycles.